The van der Waals surface area contributed by atoms with Gasteiger partial charge in [0.05, 0.1) is 17.6 Å². The minimum Gasteiger partial charge on any atom is -0.462 e. The predicted molar refractivity (Wildman–Crippen MR) is 127 cm³/mol. The van der Waals surface area contributed by atoms with E-state index >= 15 is 0 Å². The molecule has 0 aliphatic heterocycles. The molecular weight excluding hydrogens is 515 g/mol. The monoisotopic (exact) mass is 535 g/mol. The van der Waals surface area contributed by atoms with E-state index in [-0.39, 0.29) is 28.2 Å². The molecule has 0 bridgehead atoms. The number of carbonyl (C=O) groups excluding carboxylic acids is 3. The Morgan fingerprint density at radius 2 is 1.89 bits per heavy atom. The summed E-state index contributed by atoms with van der Waals surface area (Å²) in [6, 6.07) is 9.20. The first-order valence-corrected chi connectivity index (χ1v) is 11.8. The molecule has 4 aromatic rings. The number of halogens is 3. The fourth-order valence-corrected chi connectivity index (χ4v) is 4.51. The number of aromatic nitrogens is 2. The lowest BCUT2D eigenvalue weighted by Gasteiger charge is -2.11. The van der Waals surface area contributed by atoms with Crippen LogP contribution in [0.25, 0.3) is 22.4 Å². The van der Waals surface area contributed by atoms with Crippen LogP contribution in [0.2, 0.25) is 0 Å². The Balaban J connectivity index is 1.47. The standard InChI is InChI=1S/C24H20F3N3O6S/c1-3-34-22(33)20-14(17-9-8-13(2)36-17)12-37-21(20)29-18(31)11-35-19(32)10-30-16-7-5-4-6-15(16)28-23(30)24(25,26)27/h4-9,12H,3,10-11H2,1-2H3,(H,29,31). The molecule has 0 atom stereocenters. The number of thiophene rings is 1. The normalized spacial score (nSPS) is 11.5. The number of furan rings is 1. The van der Waals surface area contributed by atoms with Gasteiger partial charge in [-0.2, -0.15) is 13.2 Å². The number of nitrogens with zero attached hydrogens (tertiary/aromatic N) is 2. The quantitative estimate of drug-likeness (QED) is 0.315. The highest BCUT2D eigenvalue weighted by atomic mass is 32.1. The number of para-hydroxylation sites is 2. The van der Waals surface area contributed by atoms with E-state index in [0.717, 1.165) is 11.3 Å². The lowest BCUT2D eigenvalue weighted by atomic mass is 10.1. The number of alkyl halides is 3. The highest BCUT2D eigenvalue weighted by molar-refractivity contribution is 7.15. The van der Waals surface area contributed by atoms with E-state index in [1.807, 2.05) is 0 Å². The molecule has 3 aromatic heterocycles. The van der Waals surface area contributed by atoms with Crippen LogP contribution in [0.1, 0.15) is 28.9 Å². The maximum absolute atomic E-state index is 13.4. The molecule has 0 aliphatic carbocycles. The van der Waals surface area contributed by atoms with Crippen molar-refractivity contribution in [2.24, 2.45) is 0 Å². The zero-order valence-corrected chi connectivity index (χ0v) is 20.4. The lowest BCUT2D eigenvalue weighted by Crippen LogP contribution is -2.25. The smallest absolute Gasteiger partial charge is 0.449 e. The highest BCUT2D eigenvalue weighted by Crippen LogP contribution is 2.37. The third-order valence-electron chi connectivity index (χ3n) is 5.09. The Hall–Kier alpha value is -4.13. The number of fused-ring (bicyclic) bond motifs is 1. The van der Waals surface area contributed by atoms with Crippen LogP contribution >= 0.6 is 11.3 Å². The number of aryl methyl sites for hydroxylation is 1. The molecule has 1 N–H and O–H groups in total. The number of anilines is 1. The fraction of sp³-hybridized carbons (Fsp3) is 0.250. The SMILES string of the molecule is CCOC(=O)c1c(-c2ccc(C)o2)csc1NC(=O)COC(=O)Cn1c(C(F)(F)F)nc2ccccc21. The van der Waals surface area contributed by atoms with Crippen molar-refractivity contribution in [1.82, 2.24) is 9.55 Å². The van der Waals surface area contributed by atoms with Gasteiger partial charge in [-0.3, -0.25) is 9.59 Å². The number of carbonyl (C=O) groups is 3. The van der Waals surface area contributed by atoms with Gasteiger partial charge in [0.15, 0.2) is 6.61 Å². The van der Waals surface area contributed by atoms with E-state index in [2.05, 4.69) is 10.3 Å². The number of imidazole rings is 1. The Kier molecular flexibility index (Phi) is 7.34. The summed E-state index contributed by atoms with van der Waals surface area (Å²) < 4.78 is 56.6. The molecule has 3 heterocycles. The Labute approximate surface area is 211 Å². The van der Waals surface area contributed by atoms with Crippen molar-refractivity contribution in [2.75, 3.05) is 18.5 Å². The molecule has 0 unspecified atom stereocenters. The van der Waals surface area contributed by atoms with Gasteiger partial charge < -0.3 is 23.8 Å². The minimum absolute atomic E-state index is 0.0621. The average molecular weight is 536 g/mol. The summed E-state index contributed by atoms with van der Waals surface area (Å²) in [5.74, 6) is -2.80. The molecule has 194 valence electrons. The van der Waals surface area contributed by atoms with Crippen molar-refractivity contribution in [3.63, 3.8) is 0 Å². The zero-order valence-electron chi connectivity index (χ0n) is 19.5. The van der Waals surface area contributed by atoms with Crippen LogP contribution < -0.4 is 5.32 Å². The fourth-order valence-electron chi connectivity index (χ4n) is 3.55. The van der Waals surface area contributed by atoms with E-state index in [1.54, 1.807) is 31.4 Å². The second-order valence-electron chi connectivity index (χ2n) is 7.70. The second-order valence-corrected chi connectivity index (χ2v) is 8.58. The van der Waals surface area contributed by atoms with Crippen LogP contribution in [0.15, 0.2) is 46.2 Å². The van der Waals surface area contributed by atoms with Crippen molar-refractivity contribution < 1.29 is 41.4 Å². The van der Waals surface area contributed by atoms with Crippen LogP contribution in [0.3, 0.4) is 0 Å². The van der Waals surface area contributed by atoms with Gasteiger partial charge in [0.1, 0.15) is 28.6 Å². The number of esters is 2. The molecule has 37 heavy (non-hydrogen) atoms. The predicted octanol–water partition coefficient (Wildman–Crippen LogP) is 5.04. The summed E-state index contributed by atoms with van der Waals surface area (Å²) >= 11 is 1.04. The summed E-state index contributed by atoms with van der Waals surface area (Å²) in [6.45, 7) is 1.87. The molecule has 4 rings (SSSR count). The summed E-state index contributed by atoms with van der Waals surface area (Å²) in [4.78, 5) is 41.0. The van der Waals surface area contributed by atoms with Crippen molar-refractivity contribution in [3.05, 3.63) is 58.9 Å². The molecule has 13 heteroatoms. The Morgan fingerprint density at radius 1 is 1.14 bits per heavy atom. The van der Waals surface area contributed by atoms with Crippen LogP contribution in [0.4, 0.5) is 18.2 Å². The number of hydrogen-bond donors (Lipinski definition) is 1. The van der Waals surface area contributed by atoms with Crippen molar-refractivity contribution >= 4 is 45.2 Å². The number of amides is 1. The summed E-state index contributed by atoms with van der Waals surface area (Å²) in [5.41, 5.74) is 0.637. The molecular formula is C24H20F3N3O6S. The number of hydrogen-bond acceptors (Lipinski definition) is 8. The minimum atomic E-state index is -4.80. The van der Waals surface area contributed by atoms with Crippen molar-refractivity contribution in [2.45, 2.75) is 26.6 Å². The first-order chi connectivity index (χ1) is 17.6. The van der Waals surface area contributed by atoms with E-state index in [0.29, 0.717) is 21.7 Å². The maximum Gasteiger partial charge on any atom is 0.449 e. The summed E-state index contributed by atoms with van der Waals surface area (Å²) in [6.07, 6.45) is -4.80. The van der Waals surface area contributed by atoms with E-state index < -0.39 is 43.0 Å². The summed E-state index contributed by atoms with van der Waals surface area (Å²) in [5, 5.41) is 4.24. The topological polar surface area (TPSA) is 113 Å². The Bertz CT molecular complexity index is 1470. The van der Waals surface area contributed by atoms with Gasteiger partial charge in [-0.25, -0.2) is 9.78 Å². The number of nitrogens with one attached hydrogen (secondary N) is 1. The van der Waals surface area contributed by atoms with Crippen LogP contribution in [0, 0.1) is 6.92 Å². The Morgan fingerprint density at radius 3 is 2.57 bits per heavy atom. The highest BCUT2D eigenvalue weighted by Gasteiger charge is 2.38. The van der Waals surface area contributed by atoms with E-state index in [1.165, 1.54) is 24.3 Å². The van der Waals surface area contributed by atoms with Crippen molar-refractivity contribution in [1.29, 1.82) is 0 Å². The zero-order chi connectivity index (χ0) is 26.7. The molecule has 9 nitrogen and oxygen atoms in total. The van der Waals surface area contributed by atoms with Gasteiger partial charge in [0.25, 0.3) is 5.91 Å². The lowest BCUT2D eigenvalue weighted by molar-refractivity contribution is -0.152. The second kappa shape index (κ2) is 10.5. The van der Waals surface area contributed by atoms with E-state index in [4.69, 9.17) is 13.9 Å². The first-order valence-electron chi connectivity index (χ1n) is 10.9. The van der Waals surface area contributed by atoms with Gasteiger partial charge in [0, 0.05) is 10.9 Å². The number of benzene rings is 1. The maximum atomic E-state index is 13.4. The third-order valence-corrected chi connectivity index (χ3v) is 5.98. The largest absolute Gasteiger partial charge is 0.462 e. The third kappa shape index (κ3) is 5.66. The molecule has 0 spiro atoms. The van der Waals surface area contributed by atoms with Gasteiger partial charge in [-0.15, -0.1) is 11.3 Å². The van der Waals surface area contributed by atoms with Gasteiger partial charge in [0.2, 0.25) is 5.82 Å². The van der Waals surface area contributed by atoms with Crippen LogP contribution in [-0.4, -0.2) is 40.6 Å². The number of ether oxygens (including phenoxy) is 2. The number of rotatable bonds is 8. The van der Waals surface area contributed by atoms with Gasteiger partial charge >= 0.3 is 18.1 Å². The molecule has 1 aromatic carbocycles. The molecule has 0 aliphatic rings. The van der Waals surface area contributed by atoms with Gasteiger partial charge in [-0.1, -0.05) is 12.1 Å². The molecule has 0 saturated carbocycles. The summed E-state index contributed by atoms with van der Waals surface area (Å²) in [7, 11) is 0. The van der Waals surface area contributed by atoms with Gasteiger partial charge in [-0.05, 0) is 38.1 Å². The van der Waals surface area contributed by atoms with Crippen molar-refractivity contribution in [3.8, 4) is 11.3 Å². The molecule has 0 radical (unpaired) electrons. The average Bonchev–Trinajstić information content (AvgIpc) is 3.55. The van der Waals surface area contributed by atoms with Crippen LogP contribution in [0.5, 0.6) is 0 Å². The van der Waals surface area contributed by atoms with Crippen LogP contribution in [-0.2, 0) is 31.8 Å². The molecule has 0 saturated heterocycles. The molecule has 0 fully saturated rings. The molecule has 1 amide bonds. The first kappa shape index (κ1) is 25.9. The van der Waals surface area contributed by atoms with E-state index in [9.17, 15) is 27.6 Å².